The highest BCUT2D eigenvalue weighted by molar-refractivity contribution is 6.60. The zero-order valence-electron chi connectivity index (χ0n) is 19.3. The number of carbonyl (C=O) groups excluding carboxylic acids is 1. The standard InChI is InChI=1S/C23H35F3O5Si/c1-4-29-32(30-5-2,31-6-3)16-12-10-8-7-9-11-15-28-22(27)14-13-19-17-20(24)23(26)21(25)18-19/h13-14,17-18H,4-12,15-16H2,1-3H3/b14-13+. The Balaban J connectivity index is 2.18. The maximum atomic E-state index is 13.1. The van der Waals surface area contributed by atoms with Crippen LogP contribution in [0.5, 0.6) is 0 Å². The SMILES string of the molecule is CCO[Si](CCCCCCCCOC(=O)/C=C/c1cc(F)c(F)c(F)c1)(OCC)OCC. The third-order valence-corrected chi connectivity index (χ3v) is 7.78. The van der Waals surface area contributed by atoms with Crippen molar-refractivity contribution in [3.8, 4) is 0 Å². The number of halogens is 3. The molecule has 0 saturated heterocycles. The zero-order chi connectivity index (χ0) is 23.8. The van der Waals surface area contributed by atoms with E-state index < -0.39 is 32.2 Å². The summed E-state index contributed by atoms with van der Waals surface area (Å²) in [5.41, 5.74) is 0.0449. The molecule has 0 unspecified atom stereocenters. The summed E-state index contributed by atoms with van der Waals surface area (Å²) in [5.74, 6) is -4.76. The first-order valence-corrected chi connectivity index (χ1v) is 13.2. The number of hydrogen-bond acceptors (Lipinski definition) is 5. The molecule has 1 aromatic rings. The van der Waals surface area contributed by atoms with Crippen LogP contribution in [0.1, 0.15) is 64.9 Å². The van der Waals surface area contributed by atoms with Crippen LogP contribution in [0.2, 0.25) is 6.04 Å². The fraction of sp³-hybridized carbons (Fsp3) is 0.609. The van der Waals surface area contributed by atoms with Gasteiger partial charge in [0.15, 0.2) is 17.5 Å². The average molecular weight is 477 g/mol. The molecule has 1 rings (SSSR count). The van der Waals surface area contributed by atoms with Crippen LogP contribution in [0.15, 0.2) is 18.2 Å². The second-order valence-corrected chi connectivity index (χ2v) is 9.88. The maximum Gasteiger partial charge on any atom is 0.500 e. The van der Waals surface area contributed by atoms with Gasteiger partial charge >= 0.3 is 14.8 Å². The van der Waals surface area contributed by atoms with Crippen molar-refractivity contribution < 1.29 is 36.0 Å². The highest BCUT2D eigenvalue weighted by Crippen LogP contribution is 2.20. The second-order valence-electron chi connectivity index (χ2n) is 7.15. The van der Waals surface area contributed by atoms with Crippen LogP contribution in [0.4, 0.5) is 13.2 Å². The molecule has 0 spiro atoms. The first-order chi connectivity index (χ1) is 15.4. The third-order valence-electron chi connectivity index (χ3n) is 4.63. The van der Waals surface area contributed by atoms with Crippen LogP contribution >= 0.6 is 0 Å². The van der Waals surface area contributed by atoms with Crippen molar-refractivity contribution in [1.82, 2.24) is 0 Å². The molecule has 32 heavy (non-hydrogen) atoms. The van der Waals surface area contributed by atoms with Crippen molar-refractivity contribution in [2.45, 2.75) is 65.3 Å². The highest BCUT2D eigenvalue weighted by Gasteiger charge is 2.39. The lowest BCUT2D eigenvalue weighted by molar-refractivity contribution is -0.137. The summed E-state index contributed by atoms with van der Waals surface area (Å²) in [6.45, 7) is 7.86. The molecule has 0 aliphatic rings. The van der Waals surface area contributed by atoms with E-state index in [0.717, 1.165) is 62.8 Å². The molecule has 0 aromatic heterocycles. The molecule has 0 bridgehead atoms. The fourth-order valence-corrected chi connectivity index (χ4v) is 5.89. The van der Waals surface area contributed by atoms with Crippen molar-refractivity contribution in [1.29, 1.82) is 0 Å². The van der Waals surface area contributed by atoms with Gasteiger partial charge in [-0.2, -0.15) is 0 Å². The van der Waals surface area contributed by atoms with Crippen LogP contribution in [-0.2, 0) is 22.8 Å². The minimum absolute atomic E-state index is 0.0449. The molecule has 0 atom stereocenters. The molecule has 0 amide bonds. The van der Waals surface area contributed by atoms with Gasteiger partial charge in [0.05, 0.1) is 6.61 Å². The van der Waals surface area contributed by atoms with E-state index in [1.807, 2.05) is 20.8 Å². The Kier molecular flexibility index (Phi) is 14.2. The molecule has 0 N–H and O–H groups in total. The van der Waals surface area contributed by atoms with Gasteiger partial charge < -0.3 is 18.0 Å². The van der Waals surface area contributed by atoms with Crippen LogP contribution in [0, 0.1) is 17.5 Å². The number of unbranched alkanes of at least 4 members (excludes halogenated alkanes) is 5. The zero-order valence-corrected chi connectivity index (χ0v) is 20.3. The minimum Gasteiger partial charge on any atom is -0.463 e. The van der Waals surface area contributed by atoms with Crippen LogP contribution in [-0.4, -0.2) is 41.2 Å². The molecule has 9 heteroatoms. The lowest BCUT2D eigenvalue weighted by Crippen LogP contribution is -2.45. The first kappa shape index (κ1) is 28.3. The number of esters is 1. The molecular formula is C23H35F3O5Si. The van der Waals surface area contributed by atoms with Crippen LogP contribution in [0.25, 0.3) is 6.08 Å². The van der Waals surface area contributed by atoms with E-state index in [1.54, 1.807) is 0 Å². The Labute approximate surface area is 190 Å². The Hall–Kier alpha value is -1.68. The molecule has 0 aliphatic heterocycles. The van der Waals surface area contributed by atoms with Gasteiger partial charge in [0.2, 0.25) is 0 Å². The Morgan fingerprint density at radius 1 is 0.844 bits per heavy atom. The van der Waals surface area contributed by atoms with E-state index in [0.29, 0.717) is 19.8 Å². The molecule has 0 heterocycles. The number of rotatable bonds is 17. The molecule has 1 aromatic carbocycles. The first-order valence-electron chi connectivity index (χ1n) is 11.3. The fourth-order valence-electron chi connectivity index (χ4n) is 3.21. The van der Waals surface area contributed by atoms with Gasteiger partial charge in [-0.25, -0.2) is 18.0 Å². The molecular weight excluding hydrogens is 441 g/mol. The monoisotopic (exact) mass is 476 g/mol. The Morgan fingerprint density at radius 3 is 1.88 bits per heavy atom. The van der Waals surface area contributed by atoms with E-state index >= 15 is 0 Å². The predicted molar refractivity (Wildman–Crippen MR) is 119 cm³/mol. The normalized spacial score (nSPS) is 11.9. The summed E-state index contributed by atoms with van der Waals surface area (Å²) >= 11 is 0. The van der Waals surface area contributed by atoms with Crippen molar-refractivity contribution in [2.24, 2.45) is 0 Å². The summed E-state index contributed by atoms with van der Waals surface area (Å²) in [6, 6.07) is 2.44. The molecule has 5 nitrogen and oxygen atoms in total. The van der Waals surface area contributed by atoms with E-state index in [1.165, 1.54) is 6.08 Å². The molecule has 182 valence electrons. The number of carbonyl (C=O) groups is 1. The average Bonchev–Trinajstić information content (AvgIpc) is 2.75. The predicted octanol–water partition coefficient (Wildman–Crippen LogP) is 6.05. The molecule has 0 saturated carbocycles. The smallest absolute Gasteiger partial charge is 0.463 e. The van der Waals surface area contributed by atoms with Gasteiger partial charge in [-0.05, 0) is 57.4 Å². The third kappa shape index (κ3) is 10.8. The molecule has 0 fully saturated rings. The maximum absolute atomic E-state index is 13.1. The van der Waals surface area contributed by atoms with Gasteiger partial charge in [-0.3, -0.25) is 0 Å². The highest BCUT2D eigenvalue weighted by atomic mass is 28.4. The second kappa shape index (κ2) is 16.0. The van der Waals surface area contributed by atoms with Gasteiger partial charge in [0, 0.05) is 31.9 Å². The van der Waals surface area contributed by atoms with E-state index in [4.69, 9.17) is 18.0 Å². The number of hydrogen-bond donors (Lipinski definition) is 0. The number of benzene rings is 1. The van der Waals surface area contributed by atoms with Crippen molar-refractivity contribution in [3.63, 3.8) is 0 Å². The quantitative estimate of drug-likeness (QED) is 0.0901. The molecule has 0 radical (unpaired) electrons. The Morgan fingerprint density at radius 2 is 1.34 bits per heavy atom. The van der Waals surface area contributed by atoms with Crippen molar-refractivity contribution >= 4 is 20.8 Å². The Bertz CT molecular complexity index is 675. The summed E-state index contributed by atoms with van der Waals surface area (Å²) in [6.07, 6.45) is 8.02. The summed E-state index contributed by atoms with van der Waals surface area (Å²) in [7, 11) is -2.56. The van der Waals surface area contributed by atoms with Gasteiger partial charge in [-0.15, -0.1) is 0 Å². The van der Waals surface area contributed by atoms with Crippen molar-refractivity contribution in [2.75, 3.05) is 26.4 Å². The topological polar surface area (TPSA) is 54.0 Å². The van der Waals surface area contributed by atoms with E-state index in [-0.39, 0.29) is 12.2 Å². The van der Waals surface area contributed by atoms with Gasteiger partial charge in [0.25, 0.3) is 0 Å². The largest absolute Gasteiger partial charge is 0.500 e. The summed E-state index contributed by atoms with van der Waals surface area (Å²) < 4.78 is 61.8. The lowest BCUT2D eigenvalue weighted by Gasteiger charge is -2.28. The van der Waals surface area contributed by atoms with Gasteiger partial charge in [0.1, 0.15) is 0 Å². The van der Waals surface area contributed by atoms with E-state index in [2.05, 4.69) is 0 Å². The summed E-state index contributed by atoms with van der Waals surface area (Å²) in [5, 5.41) is 0. The van der Waals surface area contributed by atoms with Crippen LogP contribution < -0.4 is 0 Å². The van der Waals surface area contributed by atoms with Gasteiger partial charge in [-0.1, -0.05) is 25.7 Å². The van der Waals surface area contributed by atoms with Crippen LogP contribution in [0.3, 0.4) is 0 Å². The van der Waals surface area contributed by atoms with E-state index in [9.17, 15) is 18.0 Å². The minimum atomic E-state index is -2.56. The lowest BCUT2D eigenvalue weighted by atomic mass is 10.1. The summed E-state index contributed by atoms with van der Waals surface area (Å²) in [4.78, 5) is 11.7. The number of ether oxygens (including phenoxy) is 1. The molecule has 0 aliphatic carbocycles. The van der Waals surface area contributed by atoms with Crippen molar-refractivity contribution in [3.05, 3.63) is 41.2 Å².